The van der Waals surface area contributed by atoms with Gasteiger partial charge in [-0.1, -0.05) is 12.1 Å². The number of esters is 4. The van der Waals surface area contributed by atoms with Crippen LogP contribution in [0.3, 0.4) is 0 Å². The topological polar surface area (TPSA) is 159 Å². The molecule has 2 aromatic carbocycles. The molecule has 0 N–H and O–H groups in total. The first-order valence-electron chi connectivity index (χ1n) is 12.5. The van der Waals surface area contributed by atoms with E-state index in [0.29, 0.717) is 0 Å². The summed E-state index contributed by atoms with van der Waals surface area (Å²) in [6.07, 6.45) is -9.98. The molecule has 1 unspecified atom stereocenters. The van der Waals surface area contributed by atoms with E-state index in [0.717, 1.165) is 27.9 Å². The lowest BCUT2D eigenvalue weighted by molar-refractivity contribution is -0.282. The third-order valence-corrected chi connectivity index (χ3v) is 5.72. The summed E-state index contributed by atoms with van der Waals surface area (Å²) in [5, 5.41) is 0. The highest BCUT2D eigenvalue weighted by atomic mass is 19.2. The van der Waals surface area contributed by atoms with Crippen molar-refractivity contribution in [3.05, 3.63) is 58.9 Å². The number of ether oxygens (including phenoxy) is 8. The van der Waals surface area contributed by atoms with Crippen molar-refractivity contribution in [1.82, 2.24) is 0 Å². The Morgan fingerprint density at radius 3 is 1.71 bits per heavy atom. The van der Waals surface area contributed by atoms with Gasteiger partial charge >= 0.3 is 30.0 Å². The maximum atomic E-state index is 13.7. The van der Waals surface area contributed by atoms with Gasteiger partial charge in [-0.05, 0) is 17.7 Å². The minimum atomic E-state index is -2.45. The third-order valence-electron chi connectivity index (χ3n) is 5.72. The van der Waals surface area contributed by atoms with Crippen molar-refractivity contribution in [3.63, 3.8) is 0 Å². The summed E-state index contributed by atoms with van der Waals surface area (Å²) in [6, 6.07) is 5.09. The number of carbonyl (C=O) groups excluding carboxylic acids is 5. The Labute approximate surface area is 250 Å². The molecule has 0 amide bonds. The van der Waals surface area contributed by atoms with Gasteiger partial charge in [0, 0.05) is 20.8 Å². The Morgan fingerprint density at radius 2 is 1.20 bits per heavy atom. The highest BCUT2D eigenvalue weighted by Crippen LogP contribution is 2.32. The Morgan fingerprint density at radius 1 is 0.711 bits per heavy atom. The molecule has 1 fully saturated rings. The van der Waals surface area contributed by atoms with Crippen LogP contribution in [0.25, 0.3) is 0 Å². The van der Waals surface area contributed by atoms with Crippen molar-refractivity contribution in [2.75, 3.05) is 7.11 Å². The number of benzene rings is 2. The van der Waals surface area contributed by atoms with E-state index in [-0.39, 0.29) is 11.3 Å². The van der Waals surface area contributed by atoms with E-state index in [1.54, 1.807) is 0 Å². The van der Waals surface area contributed by atoms with Crippen LogP contribution in [0.15, 0.2) is 24.3 Å². The quantitative estimate of drug-likeness (QED) is 0.0974. The van der Waals surface area contributed by atoms with Crippen LogP contribution in [-0.2, 0) is 54.2 Å². The van der Waals surface area contributed by atoms with Gasteiger partial charge < -0.3 is 37.9 Å². The summed E-state index contributed by atoms with van der Waals surface area (Å²) in [7, 11) is 1.01. The average molecular weight is 650 g/mol. The molecule has 0 aromatic heterocycles. The summed E-state index contributed by atoms with van der Waals surface area (Å²) in [5.74, 6) is -17.5. The molecule has 18 heteroatoms. The molecule has 0 radical (unpaired) electrons. The Hall–Kier alpha value is -5.00. The molecule has 2 aromatic rings. The fourth-order valence-corrected chi connectivity index (χ4v) is 3.90. The van der Waals surface area contributed by atoms with Crippen molar-refractivity contribution < 1.29 is 83.8 Å². The first-order chi connectivity index (χ1) is 21.1. The van der Waals surface area contributed by atoms with Crippen LogP contribution in [0.4, 0.5) is 26.7 Å². The number of halogens is 5. The third kappa shape index (κ3) is 8.34. The molecule has 13 nitrogen and oxygen atoms in total. The van der Waals surface area contributed by atoms with Crippen molar-refractivity contribution in [3.8, 4) is 11.5 Å². The van der Waals surface area contributed by atoms with Crippen molar-refractivity contribution in [2.24, 2.45) is 0 Å². The van der Waals surface area contributed by atoms with Gasteiger partial charge in [-0.3, -0.25) is 14.4 Å². The maximum absolute atomic E-state index is 13.7. The van der Waals surface area contributed by atoms with Gasteiger partial charge in [-0.25, -0.2) is 22.8 Å². The molecule has 244 valence electrons. The molecule has 0 saturated carbocycles. The Kier molecular flexibility index (Phi) is 11.2. The lowest BCUT2D eigenvalue weighted by Crippen LogP contribution is -2.64. The summed E-state index contributed by atoms with van der Waals surface area (Å²) < 4.78 is 108. The minimum Gasteiger partial charge on any atom is -0.467 e. The van der Waals surface area contributed by atoms with E-state index in [1.165, 1.54) is 24.3 Å². The molecular formula is C27H23F5O13. The van der Waals surface area contributed by atoms with Gasteiger partial charge in [0.15, 0.2) is 18.3 Å². The predicted octanol–water partition coefficient (Wildman–Crippen LogP) is 3.17. The van der Waals surface area contributed by atoms with Crippen molar-refractivity contribution >= 4 is 30.0 Å². The molecule has 45 heavy (non-hydrogen) atoms. The van der Waals surface area contributed by atoms with Crippen LogP contribution >= 0.6 is 0 Å². The zero-order chi connectivity index (χ0) is 33.6. The Balaban J connectivity index is 1.77. The van der Waals surface area contributed by atoms with Gasteiger partial charge in [0.25, 0.3) is 0 Å². The highest BCUT2D eigenvalue weighted by molar-refractivity contribution is 5.77. The number of carbonyl (C=O) groups is 5. The molecule has 1 saturated heterocycles. The predicted molar refractivity (Wildman–Crippen MR) is 131 cm³/mol. The Bertz CT molecular complexity index is 1440. The first-order valence-corrected chi connectivity index (χ1v) is 12.5. The van der Waals surface area contributed by atoms with Crippen molar-refractivity contribution in [2.45, 2.75) is 58.1 Å². The van der Waals surface area contributed by atoms with E-state index in [1.807, 2.05) is 0 Å². The molecule has 0 spiro atoms. The monoisotopic (exact) mass is 650 g/mol. The van der Waals surface area contributed by atoms with E-state index < -0.39 is 102 Å². The van der Waals surface area contributed by atoms with E-state index in [9.17, 15) is 45.9 Å². The molecule has 0 bridgehead atoms. The highest BCUT2D eigenvalue weighted by Gasteiger charge is 2.55. The summed E-state index contributed by atoms with van der Waals surface area (Å²) >= 11 is 0. The van der Waals surface area contributed by atoms with Gasteiger partial charge in [-0.2, -0.15) is 8.78 Å². The number of hydrogen-bond donors (Lipinski definition) is 0. The van der Waals surface area contributed by atoms with Crippen LogP contribution in [0.2, 0.25) is 0 Å². The van der Waals surface area contributed by atoms with Crippen LogP contribution in [-0.4, -0.2) is 67.8 Å². The SMILES string of the molecule is COC(=O)[C@H]1OC(Oc2ccc(COC(=O)Oc3c(F)c(F)c(F)c(F)c3F)cc2)[C@H](OC(C)=O)[C@@H](OC(C)=O)[C@@H]1OC(C)=O. The molecule has 3 rings (SSSR count). The van der Waals surface area contributed by atoms with E-state index in [4.69, 9.17) is 28.4 Å². The molecular weight excluding hydrogens is 627 g/mol. The zero-order valence-electron chi connectivity index (χ0n) is 23.6. The normalized spacial score (nSPS) is 20.8. The first kappa shape index (κ1) is 34.5. The summed E-state index contributed by atoms with van der Waals surface area (Å²) in [4.78, 5) is 59.9. The van der Waals surface area contributed by atoms with Gasteiger partial charge in [0.05, 0.1) is 7.11 Å². The average Bonchev–Trinajstić information content (AvgIpc) is 2.98. The fourth-order valence-electron chi connectivity index (χ4n) is 3.90. The molecule has 1 heterocycles. The second-order valence-electron chi connectivity index (χ2n) is 8.97. The van der Waals surface area contributed by atoms with Crippen LogP contribution in [0, 0.1) is 29.1 Å². The minimum absolute atomic E-state index is 0.0268. The lowest BCUT2D eigenvalue weighted by atomic mass is 9.97. The number of methoxy groups -OCH3 is 1. The maximum Gasteiger partial charge on any atom is 0.514 e. The van der Waals surface area contributed by atoms with Crippen LogP contribution in [0.1, 0.15) is 26.3 Å². The molecule has 5 atom stereocenters. The smallest absolute Gasteiger partial charge is 0.467 e. The van der Waals surface area contributed by atoms with Crippen LogP contribution in [0.5, 0.6) is 11.5 Å². The molecule has 0 aliphatic carbocycles. The van der Waals surface area contributed by atoms with Gasteiger partial charge in [0.2, 0.25) is 47.2 Å². The molecule has 1 aliphatic heterocycles. The number of rotatable bonds is 9. The summed E-state index contributed by atoms with van der Waals surface area (Å²) in [5.41, 5.74) is 0.193. The van der Waals surface area contributed by atoms with Gasteiger partial charge in [0.1, 0.15) is 12.4 Å². The second kappa shape index (κ2) is 14.7. The lowest BCUT2D eigenvalue weighted by Gasteiger charge is -2.43. The fraction of sp³-hybridized carbons (Fsp3) is 0.370. The zero-order valence-corrected chi connectivity index (χ0v) is 23.6. The molecule has 1 aliphatic rings. The van der Waals surface area contributed by atoms with E-state index in [2.05, 4.69) is 9.47 Å². The summed E-state index contributed by atoms with van der Waals surface area (Å²) in [6.45, 7) is 2.41. The van der Waals surface area contributed by atoms with E-state index >= 15 is 0 Å². The largest absolute Gasteiger partial charge is 0.514 e. The second-order valence-corrected chi connectivity index (χ2v) is 8.97. The van der Waals surface area contributed by atoms with Gasteiger partial charge in [-0.15, -0.1) is 0 Å². The van der Waals surface area contributed by atoms with Crippen molar-refractivity contribution in [1.29, 1.82) is 0 Å². The van der Waals surface area contributed by atoms with Crippen LogP contribution < -0.4 is 9.47 Å². The number of hydrogen-bond acceptors (Lipinski definition) is 13. The standard InChI is InChI=1S/C27H23F5O13/c1-10(33)40-21-22(41-11(2)34)24(42-12(3)35)26(44-23(21)25(36)38-4)43-14-7-5-13(6-8-14)9-39-27(37)45-20-18(31)16(29)15(28)17(30)19(20)32/h5-8,21-24,26H,9H2,1-4H3/t21-,22-,23-,24+,26?/m0/s1.